The van der Waals surface area contributed by atoms with Gasteiger partial charge < -0.3 is 15.1 Å². The van der Waals surface area contributed by atoms with Crippen LogP contribution in [0.3, 0.4) is 0 Å². The van der Waals surface area contributed by atoms with Gasteiger partial charge in [0, 0.05) is 25.7 Å². The molecule has 0 radical (unpaired) electrons. The van der Waals surface area contributed by atoms with Crippen LogP contribution >= 0.6 is 0 Å². The highest BCUT2D eigenvalue weighted by atomic mass is 16.1. The molecule has 22 heavy (non-hydrogen) atoms. The number of nitrogens with one attached hydrogen (secondary N) is 1. The first kappa shape index (κ1) is 16.7. The highest BCUT2D eigenvalue weighted by Crippen LogP contribution is 2.25. The summed E-state index contributed by atoms with van der Waals surface area (Å²) in [5.74, 6) is -0.0981. The van der Waals surface area contributed by atoms with E-state index >= 15 is 0 Å². The molecule has 5 heteroatoms. The zero-order valence-corrected chi connectivity index (χ0v) is 14.0. The van der Waals surface area contributed by atoms with Gasteiger partial charge >= 0.3 is 0 Å². The van der Waals surface area contributed by atoms with Gasteiger partial charge in [0.25, 0.3) is 5.91 Å². The van der Waals surface area contributed by atoms with Gasteiger partial charge in [0.15, 0.2) is 0 Å². The molecule has 1 unspecified atom stereocenters. The molecule has 1 fully saturated rings. The molecule has 0 spiro atoms. The maximum Gasteiger partial charge on any atom is 0.269 e. The fraction of sp³-hybridized carbons (Fsp3) is 0.647. The van der Waals surface area contributed by atoms with Crippen LogP contribution < -0.4 is 10.2 Å². The van der Waals surface area contributed by atoms with E-state index in [9.17, 15) is 4.79 Å². The Morgan fingerprint density at radius 1 is 1.41 bits per heavy atom. The Balaban J connectivity index is 1.95. The number of hydrogen-bond acceptors (Lipinski definition) is 4. The van der Waals surface area contributed by atoms with Crippen molar-refractivity contribution in [2.45, 2.75) is 38.6 Å². The lowest BCUT2D eigenvalue weighted by molar-refractivity contribution is 0.0946. The van der Waals surface area contributed by atoms with E-state index in [2.05, 4.69) is 22.1 Å². The summed E-state index contributed by atoms with van der Waals surface area (Å²) in [7, 11) is 3.98. The molecule has 0 aliphatic carbocycles. The molecule has 0 saturated carbocycles. The minimum absolute atomic E-state index is 0.0981. The van der Waals surface area contributed by atoms with Crippen molar-refractivity contribution in [3.8, 4) is 0 Å². The zero-order chi connectivity index (χ0) is 15.9. The minimum atomic E-state index is -0.0981. The van der Waals surface area contributed by atoms with E-state index in [1.54, 1.807) is 0 Å². The lowest BCUT2D eigenvalue weighted by atomic mass is 9.99. The Morgan fingerprint density at radius 3 is 2.86 bits per heavy atom. The lowest BCUT2D eigenvalue weighted by Crippen LogP contribution is -2.39. The highest BCUT2D eigenvalue weighted by Gasteiger charge is 2.21. The average Bonchev–Trinajstić information content (AvgIpc) is 2.54. The van der Waals surface area contributed by atoms with Gasteiger partial charge in [-0.3, -0.25) is 4.79 Å². The summed E-state index contributed by atoms with van der Waals surface area (Å²) in [5, 5.41) is 2.89. The number of anilines is 1. The average molecular weight is 304 g/mol. The first-order valence-corrected chi connectivity index (χ1v) is 8.27. The van der Waals surface area contributed by atoms with E-state index in [-0.39, 0.29) is 5.91 Å². The number of pyridine rings is 1. The quantitative estimate of drug-likeness (QED) is 0.875. The number of carbonyl (C=O) groups excluding carboxylic acids is 1. The summed E-state index contributed by atoms with van der Waals surface area (Å²) < 4.78 is 0. The first-order valence-electron chi connectivity index (χ1n) is 8.27. The third-order valence-electron chi connectivity index (χ3n) is 4.26. The Morgan fingerprint density at radius 2 is 2.23 bits per heavy atom. The number of carbonyl (C=O) groups is 1. The summed E-state index contributed by atoms with van der Waals surface area (Å²) in [5.41, 5.74) is 1.63. The molecular formula is C17H28N4O. The van der Waals surface area contributed by atoms with Crippen LogP contribution in [0.2, 0.25) is 0 Å². The number of hydrogen-bond donors (Lipinski definition) is 1. The van der Waals surface area contributed by atoms with Gasteiger partial charge in [-0.1, -0.05) is 6.92 Å². The third-order valence-corrected chi connectivity index (χ3v) is 4.26. The predicted molar refractivity (Wildman–Crippen MR) is 90.4 cm³/mol. The predicted octanol–water partition coefficient (Wildman–Crippen LogP) is 2.14. The van der Waals surface area contributed by atoms with Crippen molar-refractivity contribution in [1.29, 1.82) is 0 Å². The van der Waals surface area contributed by atoms with Gasteiger partial charge in [-0.05, 0) is 51.9 Å². The third kappa shape index (κ3) is 4.44. The SMILES string of the molecule is CCC1CCCCN1c1ccc(C(=O)NCCN(C)C)nc1. The Labute approximate surface area is 133 Å². The van der Waals surface area contributed by atoms with Crippen molar-refractivity contribution in [3.05, 3.63) is 24.0 Å². The van der Waals surface area contributed by atoms with Gasteiger partial charge in [0.05, 0.1) is 11.9 Å². The van der Waals surface area contributed by atoms with Crippen LogP contribution in [0.4, 0.5) is 5.69 Å². The Kier molecular flexibility index (Phi) is 6.19. The minimum Gasteiger partial charge on any atom is -0.367 e. The van der Waals surface area contributed by atoms with Crippen molar-refractivity contribution in [2.75, 3.05) is 38.6 Å². The summed E-state index contributed by atoms with van der Waals surface area (Å²) >= 11 is 0. The lowest BCUT2D eigenvalue weighted by Gasteiger charge is -2.37. The summed E-state index contributed by atoms with van der Waals surface area (Å²) in [6, 6.07) is 4.47. The topological polar surface area (TPSA) is 48.5 Å². The van der Waals surface area contributed by atoms with Crippen LogP contribution in [0, 0.1) is 0 Å². The molecule has 1 N–H and O–H groups in total. The zero-order valence-electron chi connectivity index (χ0n) is 14.0. The largest absolute Gasteiger partial charge is 0.367 e. The Hall–Kier alpha value is -1.62. The molecule has 0 aromatic carbocycles. The molecule has 2 heterocycles. The van der Waals surface area contributed by atoms with Crippen molar-refractivity contribution in [1.82, 2.24) is 15.2 Å². The van der Waals surface area contributed by atoms with Crippen molar-refractivity contribution < 1.29 is 4.79 Å². The molecule has 2 rings (SSSR count). The monoisotopic (exact) mass is 304 g/mol. The van der Waals surface area contributed by atoms with Crippen molar-refractivity contribution in [2.24, 2.45) is 0 Å². The Bertz CT molecular complexity index is 472. The number of amides is 1. The number of aromatic nitrogens is 1. The summed E-state index contributed by atoms with van der Waals surface area (Å²) in [6.07, 6.45) is 6.81. The van der Waals surface area contributed by atoms with Crippen molar-refractivity contribution >= 4 is 11.6 Å². The van der Waals surface area contributed by atoms with Crippen LogP contribution in [0.1, 0.15) is 43.1 Å². The van der Waals surface area contributed by atoms with Gasteiger partial charge in [-0.25, -0.2) is 4.98 Å². The summed E-state index contributed by atoms with van der Waals surface area (Å²) in [6.45, 7) is 4.80. The van der Waals surface area contributed by atoms with E-state index < -0.39 is 0 Å². The molecule has 1 atom stereocenters. The van der Waals surface area contributed by atoms with Gasteiger partial charge in [-0.15, -0.1) is 0 Å². The number of rotatable bonds is 6. The smallest absolute Gasteiger partial charge is 0.269 e. The molecular weight excluding hydrogens is 276 g/mol. The maximum atomic E-state index is 12.0. The van der Waals surface area contributed by atoms with Gasteiger partial charge in [0.1, 0.15) is 5.69 Å². The second-order valence-electron chi connectivity index (χ2n) is 6.21. The first-order chi connectivity index (χ1) is 10.6. The van der Waals surface area contributed by atoms with Crippen molar-refractivity contribution in [3.63, 3.8) is 0 Å². The second-order valence-corrected chi connectivity index (χ2v) is 6.21. The maximum absolute atomic E-state index is 12.0. The molecule has 1 amide bonds. The van der Waals surface area contributed by atoms with Crippen LogP contribution in [0.25, 0.3) is 0 Å². The second kappa shape index (κ2) is 8.13. The fourth-order valence-corrected chi connectivity index (χ4v) is 2.94. The molecule has 1 saturated heterocycles. The van der Waals surface area contributed by atoms with Crippen LogP contribution in [0.15, 0.2) is 18.3 Å². The van der Waals surface area contributed by atoms with Gasteiger partial charge in [-0.2, -0.15) is 0 Å². The summed E-state index contributed by atoms with van der Waals surface area (Å²) in [4.78, 5) is 20.9. The molecule has 122 valence electrons. The van der Waals surface area contributed by atoms with E-state index in [1.165, 1.54) is 19.3 Å². The molecule has 5 nitrogen and oxygen atoms in total. The van der Waals surface area contributed by atoms with Crippen LogP contribution in [0.5, 0.6) is 0 Å². The van der Waals surface area contributed by atoms with Crippen LogP contribution in [-0.2, 0) is 0 Å². The molecule has 1 aromatic rings. The number of nitrogens with zero attached hydrogens (tertiary/aromatic N) is 3. The highest BCUT2D eigenvalue weighted by molar-refractivity contribution is 5.92. The van der Waals surface area contributed by atoms with Gasteiger partial charge in [0.2, 0.25) is 0 Å². The van der Waals surface area contributed by atoms with E-state index in [1.807, 2.05) is 37.3 Å². The number of piperidine rings is 1. The molecule has 1 aliphatic heterocycles. The van der Waals surface area contributed by atoms with E-state index in [0.29, 0.717) is 18.3 Å². The molecule has 1 aliphatic rings. The normalized spacial score (nSPS) is 18.5. The molecule has 1 aromatic heterocycles. The van der Waals surface area contributed by atoms with E-state index in [0.717, 1.165) is 25.2 Å². The fourth-order valence-electron chi connectivity index (χ4n) is 2.94. The van der Waals surface area contributed by atoms with Crippen LogP contribution in [-0.4, -0.2) is 55.6 Å². The molecule has 0 bridgehead atoms. The number of likely N-dealkylation sites (N-methyl/N-ethyl adjacent to an activating group) is 1. The van der Waals surface area contributed by atoms with E-state index in [4.69, 9.17) is 0 Å². The standard InChI is InChI=1S/C17H28N4O/c1-4-14-7-5-6-11-21(14)15-8-9-16(19-13-15)17(22)18-10-12-20(2)3/h8-9,13-14H,4-7,10-12H2,1-3H3,(H,18,22).